The third kappa shape index (κ3) is 3.92. The molecule has 0 bridgehead atoms. The highest BCUT2D eigenvalue weighted by Crippen LogP contribution is 2.29. The molecule has 4 nitrogen and oxygen atoms in total. The smallest absolute Gasteiger partial charge is 0.307 e. The van der Waals surface area contributed by atoms with Crippen molar-refractivity contribution in [3.8, 4) is 5.75 Å². The van der Waals surface area contributed by atoms with Crippen LogP contribution in [0.1, 0.15) is 25.5 Å². The first-order valence-electron chi connectivity index (χ1n) is 6.13. The van der Waals surface area contributed by atoms with Crippen LogP contribution in [-0.2, 0) is 4.79 Å². The molecule has 0 aromatic heterocycles. The molecular formula is C14H20FNO3. The van der Waals surface area contributed by atoms with Crippen LogP contribution in [0.2, 0.25) is 0 Å². The Labute approximate surface area is 112 Å². The molecule has 0 saturated carbocycles. The molecule has 0 spiro atoms. The van der Waals surface area contributed by atoms with Gasteiger partial charge in [0.15, 0.2) is 0 Å². The molecule has 0 saturated heterocycles. The number of aliphatic carboxylic acids is 1. The van der Waals surface area contributed by atoms with Gasteiger partial charge in [0, 0.05) is 18.2 Å². The lowest BCUT2D eigenvalue weighted by molar-refractivity contribution is -0.141. The summed E-state index contributed by atoms with van der Waals surface area (Å²) in [7, 11) is 3.35. The summed E-state index contributed by atoms with van der Waals surface area (Å²) in [5.74, 6) is -1.05. The van der Waals surface area contributed by atoms with E-state index in [4.69, 9.17) is 9.84 Å². The third-order valence-electron chi connectivity index (χ3n) is 3.29. The van der Waals surface area contributed by atoms with Crippen molar-refractivity contribution in [1.29, 1.82) is 0 Å². The van der Waals surface area contributed by atoms with Gasteiger partial charge in [-0.3, -0.25) is 9.69 Å². The average Bonchev–Trinajstić information content (AvgIpc) is 2.37. The maximum Gasteiger partial charge on any atom is 0.307 e. The number of hydrogen-bond donors (Lipinski definition) is 1. The Bertz CT molecular complexity index is 450. The molecule has 5 heteroatoms. The van der Waals surface area contributed by atoms with E-state index in [9.17, 15) is 9.18 Å². The van der Waals surface area contributed by atoms with Gasteiger partial charge in [0.2, 0.25) is 0 Å². The first-order valence-corrected chi connectivity index (χ1v) is 6.13. The second-order valence-corrected chi connectivity index (χ2v) is 4.74. The Kier molecular flexibility index (Phi) is 5.30. The Morgan fingerprint density at radius 2 is 2.11 bits per heavy atom. The average molecular weight is 269 g/mol. The van der Waals surface area contributed by atoms with Crippen LogP contribution >= 0.6 is 0 Å². The number of nitrogens with zero attached hydrogens (tertiary/aromatic N) is 1. The zero-order valence-corrected chi connectivity index (χ0v) is 11.7. The highest BCUT2D eigenvalue weighted by molar-refractivity contribution is 5.69. The lowest BCUT2D eigenvalue weighted by Crippen LogP contribution is -2.31. The fourth-order valence-corrected chi connectivity index (χ4v) is 1.94. The number of carboxylic acid groups (broad SMARTS) is 1. The second kappa shape index (κ2) is 6.52. The number of ether oxygens (including phenoxy) is 1. The molecule has 1 aromatic carbocycles. The summed E-state index contributed by atoms with van der Waals surface area (Å²) in [5, 5.41) is 8.92. The van der Waals surface area contributed by atoms with Gasteiger partial charge < -0.3 is 9.84 Å². The van der Waals surface area contributed by atoms with Gasteiger partial charge in [0.25, 0.3) is 0 Å². The molecule has 1 N–H and O–H groups in total. The minimum Gasteiger partial charge on any atom is -0.496 e. The first kappa shape index (κ1) is 15.4. The van der Waals surface area contributed by atoms with Gasteiger partial charge in [0.1, 0.15) is 11.6 Å². The van der Waals surface area contributed by atoms with E-state index in [1.54, 1.807) is 13.0 Å². The molecular weight excluding hydrogens is 249 g/mol. The summed E-state index contributed by atoms with van der Waals surface area (Å²) in [5.41, 5.74) is 0.711. The Morgan fingerprint density at radius 1 is 1.47 bits per heavy atom. The lowest BCUT2D eigenvalue weighted by Gasteiger charge is -2.27. The molecule has 0 fully saturated rings. The Morgan fingerprint density at radius 3 is 2.63 bits per heavy atom. The van der Waals surface area contributed by atoms with Crippen molar-refractivity contribution in [2.24, 2.45) is 5.92 Å². The zero-order valence-electron chi connectivity index (χ0n) is 11.7. The van der Waals surface area contributed by atoms with E-state index in [2.05, 4.69) is 0 Å². The Hall–Kier alpha value is -1.62. The van der Waals surface area contributed by atoms with Crippen LogP contribution in [0.25, 0.3) is 0 Å². The maximum absolute atomic E-state index is 13.3. The van der Waals surface area contributed by atoms with Crippen LogP contribution < -0.4 is 4.74 Å². The maximum atomic E-state index is 13.3. The summed E-state index contributed by atoms with van der Waals surface area (Å²) in [6, 6.07) is 4.21. The molecule has 1 rings (SSSR count). The summed E-state index contributed by atoms with van der Waals surface area (Å²) in [6.45, 7) is 3.93. The van der Waals surface area contributed by atoms with Gasteiger partial charge >= 0.3 is 5.97 Å². The van der Waals surface area contributed by atoms with Gasteiger partial charge in [-0.05, 0) is 32.2 Å². The summed E-state index contributed by atoms with van der Waals surface area (Å²) >= 11 is 0. The van der Waals surface area contributed by atoms with Gasteiger partial charge in [-0.2, -0.15) is 0 Å². The number of methoxy groups -OCH3 is 1. The minimum atomic E-state index is -0.842. The second-order valence-electron chi connectivity index (χ2n) is 4.74. The van der Waals surface area contributed by atoms with Crippen molar-refractivity contribution < 1.29 is 19.0 Å². The number of benzene rings is 1. The van der Waals surface area contributed by atoms with Crippen LogP contribution in [0.15, 0.2) is 18.2 Å². The molecule has 1 aromatic rings. The molecule has 106 valence electrons. The van der Waals surface area contributed by atoms with Gasteiger partial charge in [0.05, 0.1) is 13.0 Å². The van der Waals surface area contributed by atoms with E-state index in [1.165, 1.54) is 19.2 Å². The summed E-state index contributed by atoms with van der Waals surface area (Å²) in [4.78, 5) is 12.7. The predicted octanol–water partition coefficient (Wildman–Crippen LogP) is 2.55. The molecule has 0 radical (unpaired) electrons. The number of hydrogen-bond acceptors (Lipinski definition) is 3. The Balaban J connectivity index is 2.89. The normalized spacial score (nSPS) is 14.2. The van der Waals surface area contributed by atoms with Crippen LogP contribution in [-0.4, -0.2) is 36.7 Å². The molecule has 0 amide bonds. The highest BCUT2D eigenvalue weighted by Gasteiger charge is 2.21. The standard InChI is InChI=1S/C14H20FNO3/c1-9(14(17)18)8-16(3)10(2)12-7-11(15)5-6-13(12)19-4/h5-7,9-10H,8H2,1-4H3,(H,17,18). The number of halogens is 1. The van der Waals surface area contributed by atoms with Crippen LogP contribution in [0.5, 0.6) is 5.75 Å². The van der Waals surface area contributed by atoms with E-state index in [0.29, 0.717) is 17.9 Å². The quantitative estimate of drug-likeness (QED) is 0.862. The van der Waals surface area contributed by atoms with Crippen molar-refractivity contribution in [2.45, 2.75) is 19.9 Å². The van der Waals surface area contributed by atoms with Crippen LogP contribution in [0.3, 0.4) is 0 Å². The summed E-state index contributed by atoms with van der Waals surface area (Å²) in [6.07, 6.45) is 0. The van der Waals surface area contributed by atoms with E-state index in [0.717, 1.165) is 0 Å². The fraction of sp³-hybridized carbons (Fsp3) is 0.500. The van der Waals surface area contributed by atoms with Crippen molar-refractivity contribution in [3.63, 3.8) is 0 Å². The number of carbonyl (C=O) groups is 1. The molecule has 0 aliphatic rings. The van der Waals surface area contributed by atoms with E-state index in [1.807, 2.05) is 18.9 Å². The predicted molar refractivity (Wildman–Crippen MR) is 70.8 cm³/mol. The monoisotopic (exact) mass is 269 g/mol. The van der Waals surface area contributed by atoms with Crippen molar-refractivity contribution in [2.75, 3.05) is 20.7 Å². The lowest BCUT2D eigenvalue weighted by atomic mass is 10.0. The molecule has 0 aliphatic heterocycles. The van der Waals surface area contributed by atoms with Crippen LogP contribution in [0.4, 0.5) is 4.39 Å². The van der Waals surface area contributed by atoms with Crippen LogP contribution in [0, 0.1) is 11.7 Å². The topological polar surface area (TPSA) is 49.8 Å². The SMILES string of the molecule is COc1ccc(F)cc1C(C)N(C)CC(C)C(=O)O. The summed E-state index contributed by atoms with van der Waals surface area (Å²) < 4.78 is 18.5. The van der Waals surface area contributed by atoms with Crippen molar-refractivity contribution in [3.05, 3.63) is 29.6 Å². The zero-order chi connectivity index (χ0) is 14.6. The number of carboxylic acids is 1. The fourth-order valence-electron chi connectivity index (χ4n) is 1.94. The highest BCUT2D eigenvalue weighted by atomic mass is 19.1. The van der Waals surface area contributed by atoms with E-state index in [-0.39, 0.29) is 11.9 Å². The molecule has 19 heavy (non-hydrogen) atoms. The first-order chi connectivity index (χ1) is 8.86. The van der Waals surface area contributed by atoms with Gasteiger partial charge in [-0.15, -0.1) is 0 Å². The number of rotatable bonds is 6. The molecule has 2 unspecified atom stereocenters. The minimum absolute atomic E-state index is 0.132. The molecule has 0 heterocycles. The third-order valence-corrected chi connectivity index (χ3v) is 3.29. The van der Waals surface area contributed by atoms with E-state index >= 15 is 0 Å². The van der Waals surface area contributed by atoms with Gasteiger partial charge in [-0.25, -0.2) is 4.39 Å². The molecule has 2 atom stereocenters. The van der Waals surface area contributed by atoms with Crippen molar-refractivity contribution in [1.82, 2.24) is 4.90 Å². The van der Waals surface area contributed by atoms with E-state index < -0.39 is 11.9 Å². The largest absolute Gasteiger partial charge is 0.496 e. The van der Waals surface area contributed by atoms with Gasteiger partial charge in [-0.1, -0.05) is 6.92 Å². The van der Waals surface area contributed by atoms with Crippen molar-refractivity contribution >= 4 is 5.97 Å². The molecule has 0 aliphatic carbocycles.